The van der Waals surface area contributed by atoms with Crippen LogP contribution in [0.5, 0.6) is 0 Å². The second kappa shape index (κ2) is 6.35. The Morgan fingerprint density at radius 1 is 1.31 bits per heavy atom. The third kappa shape index (κ3) is 3.72. The molecule has 0 aromatic heterocycles. The average Bonchev–Trinajstić information content (AvgIpc) is 2.29. The lowest BCUT2D eigenvalue weighted by molar-refractivity contribution is 0.598. The molecule has 0 aliphatic rings. The maximum Gasteiger partial charge on any atom is 0.0727 e. The summed E-state index contributed by atoms with van der Waals surface area (Å²) in [7, 11) is 0. The molecule has 1 rings (SSSR count). The van der Waals surface area contributed by atoms with Crippen LogP contribution in [0.1, 0.15) is 30.0 Å². The monoisotopic (exact) mass is 215 g/mol. The van der Waals surface area contributed by atoms with Crippen LogP contribution in [0, 0.1) is 26.2 Å². The van der Waals surface area contributed by atoms with Gasteiger partial charge in [0.05, 0.1) is 6.04 Å². The van der Waals surface area contributed by atoms with E-state index in [1.807, 2.05) is 0 Å². The minimum atomic E-state index is 0.155. The van der Waals surface area contributed by atoms with E-state index in [0.717, 1.165) is 19.4 Å². The van der Waals surface area contributed by atoms with Crippen LogP contribution in [0.3, 0.4) is 0 Å². The molecule has 0 spiro atoms. The van der Waals surface area contributed by atoms with Gasteiger partial charge in [-0.05, 0) is 49.9 Å². The van der Waals surface area contributed by atoms with E-state index in [0.29, 0.717) is 0 Å². The van der Waals surface area contributed by atoms with Gasteiger partial charge in [-0.3, -0.25) is 0 Å². The summed E-state index contributed by atoms with van der Waals surface area (Å²) in [5.74, 6) is 2.81. The standard InChI is InChI=1S/C15H21N/c1-5-9-16-15(6-2)11-14-8-7-12(3)13(4)10-14/h2,7-8,10,15-16H,5,9,11H2,1,3-4H3. The topological polar surface area (TPSA) is 12.0 Å². The van der Waals surface area contributed by atoms with Gasteiger partial charge in [-0.25, -0.2) is 0 Å². The van der Waals surface area contributed by atoms with E-state index >= 15 is 0 Å². The van der Waals surface area contributed by atoms with Crippen LogP contribution in [0.2, 0.25) is 0 Å². The first-order chi connectivity index (χ1) is 7.67. The third-order valence-corrected chi connectivity index (χ3v) is 2.85. The van der Waals surface area contributed by atoms with Crippen molar-refractivity contribution in [3.8, 4) is 12.3 Å². The maximum absolute atomic E-state index is 5.52. The second-order valence-corrected chi connectivity index (χ2v) is 4.30. The molecule has 86 valence electrons. The van der Waals surface area contributed by atoms with Gasteiger partial charge >= 0.3 is 0 Å². The molecule has 0 aliphatic carbocycles. The molecule has 1 N–H and O–H groups in total. The fraction of sp³-hybridized carbons (Fsp3) is 0.467. The number of aryl methyl sites for hydroxylation is 2. The highest BCUT2D eigenvalue weighted by Gasteiger charge is 2.05. The molecule has 1 atom stereocenters. The Kier molecular flexibility index (Phi) is 5.08. The zero-order valence-corrected chi connectivity index (χ0v) is 10.5. The quantitative estimate of drug-likeness (QED) is 0.745. The molecule has 0 radical (unpaired) electrons. The molecule has 0 amide bonds. The zero-order valence-electron chi connectivity index (χ0n) is 10.5. The van der Waals surface area contributed by atoms with Crippen molar-refractivity contribution >= 4 is 0 Å². The van der Waals surface area contributed by atoms with Crippen LogP contribution in [-0.2, 0) is 6.42 Å². The van der Waals surface area contributed by atoms with E-state index in [4.69, 9.17) is 6.42 Å². The van der Waals surface area contributed by atoms with Gasteiger partial charge in [-0.1, -0.05) is 31.0 Å². The molecule has 0 heterocycles. The Morgan fingerprint density at radius 2 is 2.06 bits per heavy atom. The van der Waals surface area contributed by atoms with Gasteiger partial charge in [0.15, 0.2) is 0 Å². The van der Waals surface area contributed by atoms with Crippen LogP contribution in [0.15, 0.2) is 18.2 Å². The van der Waals surface area contributed by atoms with E-state index in [2.05, 4.69) is 50.2 Å². The van der Waals surface area contributed by atoms with Gasteiger partial charge in [-0.15, -0.1) is 6.42 Å². The van der Waals surface area contributed by atoms with Crippen molar-refractivity contribution in [3.05, 3.63) is 34.9 Å². The molecule has 0 saturated heterocycles. The first-order valence-corrected chi connectivity index (χ1v) is 5.93. The fourth-order valence-electron chi connectivity index (χ4n) is 1.67. The lowest BCUT2D eigenvalue weighted by Gasteiger charge is -2.13. The van der Waals surface area contributed by atoms with Gasteiger partial charge in [0.2, 0.25) is 0 Å². The highest BCUT2D eigenvalue weighted by atomic mass is 14.9. The number of hydrogen-bond donors (Lipinski definition) is 1. The van der Waals surface area contributed by atoms with E-state index in [1.54, 1.807) is 0 Å². The van der Waals surface area contributed by atoms with Gasteiger partial charge in [-0.2, -0.15) is 0 Å². The van der Waals surface area contributed by atoms with Crippen LogP contribution in [0.4, 0.5) is 0 Å². The number of terminal acetylenes is 1. The van der Waals surface area contributed by atoms with E-state index in [-0.39, 0.29) is 6.04 Å². The van der Waals surface area contributed by atoms with Gasteiger partial charge in [0.1, 0.15) is 0 Å². The van der Waals surface area contributed by atoms with Gasteiger partial charge < -0.3 is 5.32 Å². The lowest BCUT2D eigenvalue weighted by atomic mass is 10.0. The minimum absolute atomic E-state index is 0.155. The summed E-state index contributed by atoms with van der Waals surface area (Å²) in [5, 5.41) is 3.37. The second-order valence-electron chi connectivity index (χ2n) is 4.30. The Morgan fingerprint density at radius 3 is 2.62 bits per heavy atom. The number of hydrogen-bond acceptors (Lipinski definition) is 1. The molecule has 1 nitrogen and oxygen atoms in total. The van der Waals surface area contributed by atoms with E-state index in [1.165, 1.54) is 16.7 Å². The smallest absolute Gasteiger partial charge is 0.0727 e. The predicted molar refractivity (Wildman–Crippen MR) is 70.5 cm³/mol. The molecule has 1 aromatic carbocycles. The van der Waals surface area contributed by atoms with E-state index < -0.39 is 0 Å². The summed E-state index contributed by atoms with van der Waals surface area (Å²) in [6.45, 7) is 7.41. The van der Waals surface area contributed by atoms with Crippen LogP contribution < -0.4 is 5.32 Å². The molecule has 0 aliphatic heterocycles. The van der Waals surface area contributed by atoms with Crippen molar-refractivity contribution in [2.45, 2.75) is 39.7 Å². The average molecular weight is 215 g/mol. The molecule has 1 unspecified atom stereocenters. The highest BCUT2D eigenvalue weighted by Crippen LogP contribution is 2.11. The van der Waals surface area contributed by atoms with Crippen molar-refractivity contribution in [3.63, 3.8) is 0 Å². The largest absolute Gasteiger partial charge is 0.303 e. The molecule has 0 saturated carbocycles. The van der Waals surface area contributed by atoms with Crippen LogP contribution in [-0.4, -0.2) is 12.6 Å². The molecule has 1 aromatic rings. The Hall–Kier alpha value is -1.26. The van der Waals surface area contributed by atoms with Crippen molar-refractivity contribution in [1.82, 2.24) is 5.32 Å². The maximum atomic E-state index is 5.52. The highest BCUT2D eigenvalue weighted by molar-refractivity contribution is 5.31. The number of benzene rings is 1. The molecule has 1 heteroatoms. The first-order valence-electron chi connectivity index (χ1n) is 5.93. The Balaban J connectivity index is 2.64. The van der Waals surface area contributed by atoms with Crippen molar-refractivity contribution in [2.75, 3.05) is 6.54 Å². The molecular weight excluding hydrogens is 194 g/mol. The Bertz CT molecular complexity index is 374. The normalized spacial score (nSPS) is 12.1. The lowest BCUT2D eigenvalue weighted by Crippen LogP contribution is -2.30. The molecule has 16 heavy (non-hydrogen) atoms. The molecular formula is C15H21N. The van der Waals surface area contributed by atoms with Gasteiger partial charge in [0.25, 0.3) is 0 Å². The minimum Gasteiger partial charge on any atom is -0.303 e. The van der Waals surface area contributed by atoms with Crippen LogP contribution >= 0.6 is 0 Å². The summed E-state index contributed by atoms with van der Waals surface area (Å²) >= 11 is 0. The fourth-order valence-corrected chi connectivity index (χ4v) is 1.67. The summed E-state index contributed by atoms with van der Waals surface area (Å²) in [6, 6.07) is 6.72. The van der Waals surface area contributed by atoms with Crippen LogP contribution in [0.25, 0.3) is 0 Å². The number of nitrogens with one attached hydrogen (secondary N) is 1. The molecule has 0 fully saturated rings. The zero-order chi connectivity index (χ0) is 12.0. The Labute approximate surface area is 99.3 Å². The van der Waals surface area contributed by atoms with E-state index in [9.17, 15) is 0 Å². The van der Waals surface area contributed by atoms with Crippen molar-refractivity contribution in [1.29, 1.82) is 0 Å². The third-order valence-electron chi connectivity index (χ3n) is 2.85. The summed E-state index contributed by atoms with van der Waals surface area (Å²) in [6.07, 6.45) is 7.55. The van der Waals surface area contributed by atoms with Crippen molar-refractivity contribution in [2.24, 2.45) is 0 Å². The van der Waals surface area contributed by atoms with Gasteiger partial charge in [0, 0.05) is 0 Å². The summed E-state index contributed by atoms with van der Waals surface area (Å²) in [5.41, 5.74) is 3.99. The summed E-state index contributed by atoms with van der Waals surface area (Å²) in [4.78, 5) is 0. The SMILES string of the molecule is C#CC(Cc1ccc(C)c(C)c1)NCCC. The first kappa shape index (κ1) is 12.8. The van der Waals surface area contributed by atoms with Crippen molar-refractivity contribution < 1.29 is 0 Å². The summed E-state index contributed by atoms with van der Waals surface area (Å²) < 4.78 is 0. The predicted octanol–water partition coefficient (Wildman–Crippen LogP) is 2.85. The number of rotatable bonds is 5. The molecule has 0 bridgehead atoms.